The molecule has 4 rings (SSSR count). The van der Waals surface area contributed by atoms with E-state index >= 15 is 0 Å². The second kappa shape index (κ2) is 10.1. The van der Waals surface area contributed by atoms with E-state index < -0.39 is 5.56 Å². The van der Waals surface area contributed by atoms with Gasteiger partial charge in [-0.25, -0.2) is 0 Å². The predicted octanol–water partition coefficient (Wildman–Crippen LogP) is 2.43. The van der Waals surface area contributed by atoms with E-state index in [1.807, 2.05) is 35.2 Å². The van der Waals surface area contributed by atoms with E-state index in [-0.39, 0.29) is 36.0 Å². The molecule has 1 aromatic carbocycles. The number of likely N-dealkylation sites (N-methyl/N-ethyl adjacent to an activating group) is 1. The van der Waals surface area contributed by atoms with Crippen LogP contribution in [-0.2, 0) is 11.3 Å². The van der Waals surface area contributed by atoms with Gasteiger partial charge in [-0.1, -0.05) is 49.6 Å². The third kappa shape index (κ3) is 5.10. The summed E-state index contributed by atoms with van der Waals surface area (Å²) in [7, 11) is 2.05. The van der Waals surface area contributed by atoms with Gasteiger partial charge in [-0.2, -0.15) is 0 Å². The number of carbonyl (C=O) groups is 2. The van der Waals surface area contributed by atoms with Gasteiger partial charge in [0.15, 0.2) is 0 Å². The second-order valence-corrected chi connectivity index (χ2v) is 8.94. The van der Waals surface area contributed by atoms with Gasteiger partial charge in [0.05, 0.1) is 6.04 Å². The lowest BCUT2D eigenvalue weighted by Gasteiger charge is -2.40. The van der Waals surface area contributed by atoms with Crippen LogP contribution >= 0.6 is 0 Å². The summed E-state index contributed by atoms with van der Waals surface area (Å²) < 4.78 is 1.36. The summed E-state index contributed by atoms with van der Waals surface area (Å²) in [5.74, 6) is -0.454. The molecule has 1 saturated carbocycles. The Kier molecular flexibility index (Phi) is 7.05. The van der Waals surface area contributed by atoms with Gasteiger partial charge in [-0.3, -0.25) is 14.4 Å². The zero-order valence-corrected chi connectivity index (χ0v) is 18.7. The Morgan fingerprint density at radius 3 is 2.50 bits per heavy atom. The number of hydrogen-bond donors (Lipinski definition) is 1. The number of pyridine rings is 1. The van der Waals surface area contributed by atoms with Crippen molar-refractivity contribution in [1.29, 1.82) is 0 Å². The van der Waals surface area contributed by atoms with E-state index in [9.17, 15) is 14.4 Å². The number of benzene rings is 1. The Bertz CT molecular complexity index is 998. The summed E-state index contributed by atoms with van der Waals surface area (Å²) in [6.45, 7) is 2.06. The third-order valence-corrected chi connectivity index (χ3v) is 6.60. The number of hydrogen-bond acceptors (Lipinski definition) is 4. The minimum atomic E-state index is -0.417. The molecular formula is C25H32N4O3. The Balaban J connectivity index is 1.49. The third-order valence-electron chi connectivity index (χ3n) is 6.60. The van der Waals surface area contributed by atoms with E-state index in [0.717, 1.165) is 44.3 Å². The van der Waals surface area contributed by atoms with Gasteiger partial charge in [0, 0.05) is 31.9 Å². The summed E-state index contributed by atoms with van der Waals surface area (Å²) in [4.78, 5) is 43.0. The number of aromatic nitrogens is 1. The molecule has 7 nitrogen and oxygen atoms in total. The topological polar surface area (TPSA) is 74.7 Å². The average Bonchev–Trinajstić information content (AvgIpc) is 2.81. The predicted molar refractivity (Wildman–Crippen MR) is 123 cm³/mol. The van der Waals surface area contributed by atoms with Crippen molar-refractivity contribution in [3.63, 3.8) is 0 Å². The lowest BCUT2D eigenvalue weighted by Crippen LogP contribution is -2.50. The van der Waals surface area contributed by atoms with Crippen LogP contribution in [0, 0.1) is 0 Å². The standard InChI is InChI=1S/C25H32N4O3/c1-27-15-16-29(22(17-27)19-9-4-2-5-10-19)23(30)18-28-14-8-13-21(25(28)32)24(31)26-20-11-6-3-7-12-20/h2,4-5,8-10,13-14,20,22H,3,6-7,11-12,15-18H2,1H3,(H,26,31). The molecule has 1 N–H and O–H groups in total. The van der Waals surface area contributed by atoms with Crippen LogP contribution in [0.25, 0.3) is 0 Å². The maximum Gasteiger partial charge on any atom is 0.263 e. The molecule has 32 heavy (non-hydrogen) atoms. The number of nitrogens with one attached hydrogen (secondary N) is 1. The van der Waals surface area contributed by atoms with Gasteiger partial charge in [0.2, 0.25) is 5.91 Å². The largest absolute Gasteiger partial charge is 0.349 e. The van der Waals surface area contributed by atoms with E-state index in [1.54, 1.807) is 18.3 Å². The summed E-state index contributed by atoms with van der Waals surface area (Å²) in [5.41, 5.74) is 0.767. The molecule has 2 aromatic rings. The van der Waals surface area contributed by atoms with Gasteiger partial charge in [0.25, 0.3) is 11.5 Å². The van der Waals surface area contributed by atoms with Crippen LogP contribution in [0.3, 0.4) is 0 Å². The highest BCUT2D eigenvalue weighted by molar-refractivity contribution is 5.94. The number of carbonyl (C=O) groups excluding carboxylic acids is 2. The molecule has 2 aliphatic rings. The molecule has 2 amide bonds. The normalized spacial score (nSPS) is 20.2. The molecule has 1 atom stereocenters. The molecule has 0 spiro atoms. The first-order chi connectivity index (χ1) is 15.5. The molecule has 7 heteroatoms. The fraction of sp³-hybridized carbons (Fsp3) is 0.480. The van der Waals surface area contributed by atoms with Gasteiger partial charge in [-0.15, -0.1) is 0 Å². The van der Waals surface area contributed by atoms with E-state index in [0.29, 0.717) is 6.54 Å². The summed E-state index contributed by atoms with van der Waals surface area (Å²) in [5, 5.41) is 3.00. The fourth-order valence-corrected chi connectivity index (χ4v) is 4.76. The fourth-order valence-electron chi connectivity index (χ4n) is 4.76. The van der Waals surface area contributed by atoms with Crippen LogP contribution in [0.15, 0.2) is 53.5 Å². The van der Waals surface area contributed by atoms with Crippen molar-refractivity contribution >= 4 is 11.8 Å². The van der Waals surface area contributed by atoms with Crippen LogP contribution in [0.2, 0.25) is 0 Å². The molecule has 1 unspecified atom stereocenters. The highest BCUT2D eigenvalue weighted by atomic mass is 16.2. The van der Waals surface area contributed by atoms with Crippen LogP contribution in [0.5, 0.6) is 0 Å². The molecule has 0 bridgehead atoms. The highest BCUT2D eigenvalue weighted by Crippen LogP contribution is 2.25. The van der Waals surface area contributed by atoms with Crippen molar-refractivity contribution in [2.45, 2.75) is 50.7 Å². The number of rotatable bonds is 5. The molecule has 2 heterocycles. The van der Waals surface area contributed by atoms with E-state index in [1.165, 1.54) is 11.0 Å². The molecular weight excluding hydrogens is 404 g/mol. The van der Waals surface area contributed by atoms with Crippen LogP contribution in [0.4, 0.5) is 0 Å². The van der Waals surface area contributed by atoms with Crippen LogP contribution < -0.4 is 10.9 Å². The van der Waals surface area contributed by atoms with Gasteiger partial charge < -0.3 is 19.7 Å². The molecule has 1 saturated heterocycles. The maximum atomic E-state index is 13.3. The highest BCUT2D eigenvalue weighted by Gasteiger charge is 2.30. The van der Waals surface area contributed by atoms with E-state index in [2.05, 4.69) is 17.3 Å². The quantitative estimate of drug-likeness (QED) is 0.781. The monoisotopic (exact) mass is 436 g/mol. The van der Waals surface area contributed by atoms with Crippen LogP contribution in [0.1, 0.15) is 54.1 Å². The SMILES string of the molecule is CN1CCN(C(=O)Cn2cccc(C(=O)NC3CCCCC3)c2=O)C(c2ccccc2)C1. The summed E-state index contributed by atoms with van der Waals surface area (Å²) in [6, 6.07) is 13.3. The first-order valence-electron chi connectivity index (χ1n) is 11.6. The van der Waals surface area contributed by atoms with Crippen molar-refractivity contribution < 1.29 is 9.59 Å². The Morgan fingerprint density at radius 1 is 1.00 bits per heavy atom. The van der Waals surface area contributed by atoms with Gasteiger partial charge in [-0.05, 0) is 37.6 Å². The average molecular weight is 437 g/mol. The van der Waals surface area contributed by atoms with Gasteiger partial charge in [0.1, 0.15) is 12.1 Å². The molecule has 170 valence electrons. The molecule has 1 aliphatic carbocycles. The Morgan fingerprint density at radius 2 is 1.75 bits per heavy atom. The maximum absolute atomic E-state index is 13.3. The number of nitrogens with zero attached hydrogens (tertiary/aromatic N) is 3. The summed E-state index contributed by atoms with van der Waals surface area (Å²) >= 11 is 0. The number of piperazine rings is 1. The minimum Gasteiger partial charge on any atom is -0.349 e. The van der Waals surface area contributed by atoms with Crippen molar-refractivity contribution in [2.24, 2.45) is 0 Å². The smallest absolute Gasteiger partial charge is 0.263 e. The minimum absolute atomic E-state index is 0.0593. The lowest BCUT2D eigenvalue weighted by molar-refractivity contribution is -0.136. The van der Waals surface area contributed by atoms with Crippen molar-refractivity contribution in [3.05, 3.63) is 70.1 Å². The molecule has 1 aliphatic heterocycles. The van der Waals surface area contributed by atoms with Crippen molar-refractivity contribution in [3.8, 4) is 0 Å². The Hall–Kier alpha value is -2.93. The molecule has 0 radical (unpaired) electrons. The first kappa shape index (κ1) is 22.3. The van der Waals surface area contributed by atoms with Crippen molar-refractivity contribution in [1.82, 2.24) is 19.7 Å². The van der Waals surface area contributed by atoms with E-state index in [4.69, 9.17) is 0 Å². The zero-order chi connectivity index (χ0) is 22.5. The zero-order valence-electron chi connectivity index (χ0n) is 18.7. The second-order valence-electron chi connectivity index (χ2n) is 8.94. The molecule has 2 fully saturated rings. The van der Waals surface area contributed by atoms with Crippen LogP contribution in [-0.4, -0.2) is 58.9 Å². The molecule has 1 aromatic heterocycles. The summed E-state index contributed by atoms with van der Waals surface area (Å²) in [6.07, 6.45) is 6.90. The Labute approximate surface area is 189 Å². The lowest BCUT2D eigenvalue weighted by atomic mass is 9.95. The number of amides is 2. The first-order valence-corrected chi connectivity index (χ1v) is 11.6. The van der Waals surface area contributed by atoms with Gasteiger partial charge >= 0.3 is 0 Å². The van der Waals surface area contributed by atoms with Crippen molar-refractivity contribution in [2.75, 3.05) is 26.7 Å².